The Kier molecular flexibility index (Phi) is 4.45. The number of ether oxygens (including phenoxy) is 1. The number of carbonyl (C=O) groups is 1. The molecule has 0 bridgehead atoms. The van der Waals surface area contributed by atoms with E-state index in [1.54, 1.807) is 0 Å². The van der Waals surface area contributed by atoms with Crippen LogP contribution in [0.25, 0.3) is 0 Å². The Morgan fingerprint density at radius 2 is 2.43 bits per heavy atom. The van der Waals surface area contributed by atoms with Crippen molar-refractivity contribution in [2.75, 3.05) is 20.3 Å². The molecule has 0 saturated heterocycles. The van der Waals surface area contributed by atoms with Crippen molar-refractivity contribution in [2.24, 2.45) is 0 Å². The minimum Gasteiger partial charge on any atom is -0.452 e. The lowest BCUT2D eigenvalue weighted by Gasteiger charge is -2.03. The van der Waals surface area contributed by atoms with E-state index in [1.807, 2.05) is 0 Å². The molecule has 6 heteroatoms. The summed E-state index contributed by atoms with van der Waals surface area (Å²) in [5.74, 6) is -0.445. The van der Waals surface area contributed by atoms with Gasteiger partial charge in [-0.3, -0.25) is 9.63 Å². The summed E-state index contributed by atoms with van der Waals surface area (Å²) in [6.45, 7) is 0.678. The van der Waals surface area contributed by atoms with Gasteiger partial charge in [0.2, 0.25) is 5.22 Å². The van der Waals surface area contributed by atoms with Crippen LogP contribution >= 0.6 is 11.6 Å². The zero-order valence-electron chi connectivity index (χ0n) is 7.58. The van der Waals surface area contributed by atoms with Gasteiger partial charge in [-0.05, 0) is 17.7 Å². The van der Waals surface area contributed by atoms with Crippen molar-refractivity contribution in [2.45, 2.75) is 0 Å². The number of hydroxylamine groups is 1. The molecule has 5 nitrogen and oxygen atoms in total. The van der Waals surface area contributed by atoms with E-state index in [1.165, 1.54) is 19.4 Å². The Bertz CT molecular complexity index is 299. The summed E-state index contributed by atoms with van der Waals surface area (Å²) in [6, 6.07) is 1.46. The predicted octanol–water partition coefficient (Wildman–Crippen LogP) is 1.24. The number of amides is 1. The fourth-order valence-corrected chi connectivity index (χ4v) is 0.953. The lowest BCUT2D eigenvalue weighted by atomic mass is 10.3. The van der Waals surface area contributed by atoms with Crippen LogP contribution in [-0.2, 0) is 9.57 Å². The molecule has 0 spiro atoms. The molecule has 1 amide bonds. The summed E-state index contributed by atoms with van der Waals surface area (Å²) in [4.78, 5) is 16.1. The molecule has 1 N–H and O–H groups in total. The van der Waals surface area contributed by atoms with Crippen LogP contribution in [0, 0.1) is 0 Å². The lowest BCUT2D eigenvalue weighted by molar-refractivity contribution is 0.00886. The summed E-state index contributed by atoms with van der Waals surface area (Å²) < 4.78 is 9.45. The molecule has 1 aromatic heterocycles. The fourth-order valence-electron chi connectivity index (χ4n) is 0.752. The monoisotopic (exact) mass is 219 g/mol. The molecule has 0 atom stereocenters. The molecule has 0 fully saturated rings. The number of furan rings is 1. The van der Waals surface area contributed by atoms with Gasteiger partial charge in [0, 0.05) is 7.11 Å². The second kappa shape index (κ2) is 5.64. The summed E-state index contributed by atoms with van der Waals surface area (Å²) in [5.41, 5.74) is 2.44. The van der Waals surface area contributed by atoms with Crippen molar-refractivity contribution >= 4 is 17.5 Å². The maximum atomic E-state index is 11.3. The minimum absolute atomic E-state index is 0.0397. The largest absolute Gasteiger partial charge is 0.452 e. The standard InChI is InChI=1S/C8H10ClNO4/c1-12-4-5-14-10-8(11)6-2-3-13-7(6)9/h2-3H,4-5H2,1H3,(H,10,11). The second-order valence-corrected chi connectivity index (χ2v) is 2.72. The van der Waals surface area contributed by atoms with Gasteiger partial charge in [0.25, 0.3) is 5.91 Å². The van der Waals surface area contributed by atoms with Crippen LogP contribution in [0.1, 0.15) is 10.4 Å². The molecule has 0 aliphatic rings. The molecule has 14 heavy (non-hydrogen) atoms. The van der Waals surface area contributed by atoms with E-state index < -0.39 is 5.91 Å². The van der Waals surface area contributed by atoms with Gasteiger partial charge in [0.15, 0.2) is 0 Å². The Morgan fingerprint density at radius 3 is 3.00 bits per heavy atom. The van der Waals surface area contributed by atoms with Gasteiger partial charge < -0.3 is 9.15 Å². The first-order valence-corrected chi connectivity index (χ1v) is 4.27. The van der Waals surface area contributed by atoms with Crippen LogP contribution in [0.3, 0.4) is 0 Å². The van der Waals surface area contributed by atoms with Gasteiger partial charge in [-0.1, -0.05) is 0 Å². The first-order valence-electron chi connectivity index (χ1n) is 3.89. The summed E-state index contributed by atoms with van der Waals surface area (Å²) in [5, 5.41) is 0.0397. The zero-order valence-corrected chi connectivity index (χ0v) is 8.34. The van der Waals surface area contributed by atoms with Gasteiger partial charge in [0.1, 0.15) is 0 Å². The molecule has 0 saturated carbocycles. The fraction of sp³-hybridized carbons (Fsp3) is 0.375. The van der Waals surface area contributed by atoms with Gasteiger partial charge in [-0.2, -0.15) is 0 Å². The third kappa shape index (κ3) is 3.02. The number of hydrogen-bond acceptors (Lipinski definition) is 4. The molecule has 0 aromatic carbocycles. The third-order valence-electron chi connectivity index (χ3n) is 1.42. The topological polar surface area (TPSA) is 60.7 Å². The van der Waals surface area contributed by atoms with Crippen molar-refractivity contribution in [3.63, 3.8) is 0 Å². The molecule has 1 heterocycles. The Labute approximate surface area is 85.9 Å². The van der Waals surface area contributed by atoms with E-state index in [0.29, 0.717) is 6.61 Å². The zero-order chi connectivity index (χ0) is 10.4. The number of hydrogen-bond donors (Lipinski definition) is 1. The molecule has 78 valence electrons. The van der Waals surface area contributed by atoms with Crippen LogP contribution in [0.15, 0.2) is 16.7 Å². The summed E-state index contributed by atoms with van der Waals surface area (Å²) in [7, 11) is 1.54. The van der Waals surface area contributed by atoms with Gasteiger partial charge in [0.05, 0.1) is 25.0 Å². The SMILES string of the molecule is COCCONC(=O)c1ccoc1Cl. The molecular weight excluding hydrogens is 210 g/mol. The first kappa shape index (κ1) is 11.0. The number of rotatable bonds is 5. The van der Waals surface area contributed by atoms with Crippen LogP contribution in [0.5, 0.6) is 0 Å². The highest BCUT2D eigenvalue weighted by atomic mass is 35.5. The Morgan fingerprint density at radius 1 is 1.64 bits per heavy atom. The van der Waals surface area contributed by atoms with E-state index in [4.69, 9.17) is 25.6 Å². The van der Waals surface area contributed by atoms with Crippen LogP contribution < -0.4 is 5.48 Å². The molecule has 0 aliphatic heterocycles. The molecule has 0 aliphatic carbocycles. The lowest BCUT2D eigenvalue weighted by Crippen LogP contribution is -2.25. The third-order valence-corrected chi connectivity index (χ3v) is 1.71. The molecular formula is C8H10ClNO4. The van der Waals surface area contributed by atoms with Crippen LogP contribution in [0.4, 0.5) is 0 Å². The summed E-state index contributed by atoms with van der Waals surface area (Å²) >= 11 is 5.57. The Hall–Kier alpha value is -1.04. The summed E-state index contributed by atoms with van der Waals surface area (Å²) in [6.07, 6.45) is 1.33. The average Bonchev–Trinajstić information content (AvgIpc) is 2.59. The van der Waals surface area contributed by atoms with E-state index in [0.717, 1.165) is 0 Å². The average molecular weight is 220 g/mol. The van der Waals surface area contributed by atoms with E-state index in [2.05, 4.69) is 5.48 Å². The van der Waals surface area contributed by atoms with Gasteiger partial charge >= 0.3 is 0 Å². The highest BCUT2D eigenvalue weighted by Crippen LogP contribution is 2.15. The molecule has 0 unspecified atom stereocenters. The van der Waals surface area contributed by atoms with Crippen LogP contribution in [-0.4, -0.2) is 26.2 Å². The number of nitrogens with one attached hydrogen (secondary N) is 1. The number of carbonyl (C=O) groups excluding carboxylic acids is 1. The molecule has 1 rings (SSSR count). The normalized spacial score (nSPS) is 10.1. The maximum absolute atomic E-state index is 11.3. The van der Waals surface area contributed by atoms with Crippen molar-refractivity contribution in [3.8, 4) is 0 Å². The van der Waals surface area contributed by atoms with Crippen molar-refractivity contribution < 1.29 is 18.8 Å². The Balaban J connectivity index is 2.32. The van der Waals surface area contributed by atoms with Crippen molar-refractivity contribution in [1.82, 2.24) is 5.48 Å². The van der Waals surface area contributed by atoms with Gasteiger partial charge in [-0.15, -0.1) is 0 Å². The minimum atomic E-state index is -0.445. The number of halogens is 1. The number of methoxy groups -OCH3 is 1. The smallest absolute Gasteiger partial charge is 0.279 e. The predicted molar refractivity (Wildman–Crippen MR) is 49.0 cm³/mol. The van der Waals surface area contributed by atoms with Gasteiger partial charge in [-0.25, -0.2) is 5.48 Å². The van der Waals surface area contributed by atoms with E-state index in [9.17, 15) is 4.79 Å². The molecule has 1 aromatic rings. The van der Waals surface area contributed by atoms with Crippen LogP contribution in [0.2, 0.25) is 5.22 Å². The molecule has 0 radical (unpaired) electrons. The highest BCUT2D eigenvalue weighted by molar-refractivity contribution is 6.32. The van der Waals surface area contributed by atoms with Crippen molar-refractivity contribution in [1.29, 1.82) is 0 Å². The van der Waals surface area contributed by atoms with Crippen molar-refractivity contribution in [3.05, 3.63) is 23.1 Å². The second-order valence-electron chi connectivity index (χ2n) is 2.38. The first-order chi connectivity index (χ1) is 6.75. The van der Waals surface area contributed by atoms with E-state index in [-0.39, 0.29) is 17.4 Å². The maximum Gasteiger partial charge on any atom is 0.279 e. The highest BCUT2D eigenvalue weighted by Gasteiger charge is 2.12. The van der Waals surface area contributed by atoms with E-state index >= 15 is 0 Å². The quantitative estimate of drug-likeness (QED) is 0.598.